The van der Waals surface area contributed by atoms with Crippen molar-refractivity contribution >= 4 is 118 Å². The highest BCUT2D eigenvalue weighted by molar-refractivity contribution is 8.02. The van der Waals surface area contributed by atoms with Crippen LogP contribution in [0.3, 0.4) is 0 Å². The molecule has 1 aromatic carbocycles. The van der Waals surface area contributed by atoms with Gasteiger partial charge in [0.15, 0.2) is 84.5 Å². The van der Waals surface area contributed by atoms with E-state index in [9.17, 15) is 67.1 Å². The summed E-state index contributed by atoms with van der Waals surface area (Å²) >= 11 is 1.28. The summed E-state index contributed by atoms with van der Waals surface area (Å²) < 4.78 is 117. The molecule has 0 saturated carbocycles. The topological polar surface area (TPSA) is 449 Å². The van der Waals surface area contributed by atoms with Crippen molar-refractivity contribution in [2.24, 2.45) is 0 Å². The van der Waals surface area contributed by atoms with Gasteiger partial charge in [0.2, 0.25) is 0 Å². The molecule has 2 aromatic rings. The minimum atomic E-state index is -2.02. The van der Waals surface area contributed by atoms with E-state index in [0.717, 1.165) is 96.9 Å². The number of rotatable bonds is 26. The summed E-state index contributed by atoms with van der Waals surface area (Å²) in [6.45, 7) is 11.0. The van der Waals surface area contributed by atoms with Gasteiger partial charge in [-0.2, -0.15) is 0 Å². The van der Waals surface area contributed by atoms with Crippen LogP contribution < -0.4 is 0 Å². The number of esters is 14. The van der Waals surface area contributed by atoms with Gasteiger partial charge in [0.1, 0.15) is 73.1 Å². The molecule has 0 amide bonds. The third kappa shape index (κ3) is 22.6. The van der Waals surface area contributed by atoms with Crippen molar-refractivity contribution in [1.29, 1.82) is 0 Å². The number of aromatic nitrogens is 2. The van der Waals surface area contributed by atoms with E-state index in [-0.39, 0.29) is 21.1 Å². The number of nitrogens with zero attached hydrogens (tertiary/aromatic N) is 2. The van der Waals surface area contributed by atoms with E-state index in [4.69, 9.17) is 105 Å². The first kappa shape index (κ1) is 78.6. The largest absolute Gasteiger partial charge is 0.463 e. The van der Waals surface area contributed by atoms with Gasteiger partial charge in [-0.1, -0.05) is 35.7 Å². The summed E-state index contributed by atoms with van der Waals surface area (Å²) in [7, 11) is 0. The van der Waals surface area contributed by atoms with E-state index < -0.39 is 231 Å². The number of ether oxygens (including phenoxy) is 20. The van der Waals surface area contributed by atoms with Crippen LogP contribution in [0.2, 0.25) is 0 Å². The van der Waals surface area contributed by atoms with Gasteiger partial charge in [-0.3, -0.25) is 67.1 Å². The first-order chi connectivity index (χ1) is 46.1. The van der Waals surface area contributed by atoms with Crippen molar-refractivity contribution in [2.45, 2.75) is 228 Å². The fourth-order valence-electron chi connectivity index (χ4n) is 10.5. The number of carbonyl (C=O) groups excluding carboxylic acids is 14. The lowest BCUT2D eigenvalue weighted by Gasteiger charge is -2.49. The Kier molecular flexibility index (Phi) is 28.8. The third-order valence-corrected chi connectivity index (χ3v) is 16.1. The molecule has 0 unspecified atom stereocenters. The fraction of sp³-hybridized carbons (Fsp3) is 0.633. The quantitative estimate of drug-likeness (QED) is 0.0938. The summed E-state index contributed by atoms with van der Waals surface area (Å²) in [4.78, 5) is 190. The van der Waals surface area contributed by atoms with Crippen molar-refractivity contribution in [1.82, 2.24) is 9.97 Å². The van der Waals surface area contributed by atoms with Gasteiger partial charge in [-0.05, 0) is 12.1 Å². The van der Waals surface area contributed by atoms with Crippen LogP contribution in [-0.2, 0) is 162 Å². The van der Waals surface area contributed by atoms with E-state index in [1.165, 1.54) is 0 Å². The Balaban J connectivity index is 1.51. The molecule has 36 nitrogen and oxygen atoms in total. The normalized spacial score (nSPS) is 29.7. The van der Waals surface area contributed by atoms with E-state index >= 15 is 0 Å². The van der Waals surface area contributed by atoms with Crippen LogP contribution in [0.5, 0.6) is 0 Å². The molecular weight excluding hydrogens is 1360 g/mol. The molecule has 0 N–H and O–H groups in total. The second-order valence-electron chi connectivity index (χ2n) is 21.9. The molecule has 20 atom stereocenters. The minimum Gasteiger partial charge on any atom is -0.463 e. The molecule has 4 aliphatic heterocycles. The van der Waals surface area contributed by atoms with Crippen LogP contribution >= 0.6 is 23.5 Å². The van der Waals surface area contributed by atoms with Crippen molar-refractivity contribution in [3.05, 3.63) is 24.3 Å². The Labute approximate surface area is 566 Å². The number of benzene rings is 1. The number of hydrogen-bond donors (Lipinski definition) is 0. The number of fused-ring (bicyclic) bond motifs is 1. The first-order valence-electron chi connectivity index (χ1n) is 29.9. The van der Waals surface area contributed by atoms with Gasteiger partial charge in [-0.15, -0.1) is 0 Å². The Bertz CT molecular complexity index is 3090. The zero-order valence-corrected chi connectivity index (χ0v) is 56.9. The minimum absolute atomic E-state index is 0.149. The predicted octanol–water partition coefficient (Wildman–Crippen LogP) is 1.05. The lowest BCUT2D eigenvalue weighted by molar-refractivity contribution is -0.341. The predicted molar refractivity (Wildman–Crippen MR) is 318 cm³/mol. The lowest BCUT2D eigenvalue weighted by atomic mass is 9.96. The Morgan fingerprint density at radius 3 is 0.776 bits per heavy atom. The summed E-state index contributed by atoms with van der Waals surface area (Å²) in [6.07, 6.45) is -32.4. The molecule has 5 heterocycles. The summed E-state index contributed by atoms with van der Waals surface area (Å²) in [5.74, 6) is -13.6. The van der Waals surface area contributed by atoms with Crippen molar-refractivity contribution in [3.8, 4) is 0 Å². The van der Waals surface area contributed by atoms with Gasteiger partial charge in [0.05, 0.1) is 11.0 Å². The summed E-state index contributed by atoms with van der Waals surface area (Å²) in [5, 5.41) is -0.298. The molecule has 0 aliphatic carbocycles. The third-order valence-electron chi connectivity index (χ3n) is 13.7. The molecule has 98 heavy (non-hydrogen) atoms. The Morgan fingerprint density at radius 2 is 0.520 bits per heavy atom. The smallest absolute Gasteiger partial charge is 0.303 e. The molecular formula is C60H74N2O34S2. The molecule has 4 saturated heterocycles. The molecule has 1 aromatic heterocycles. The maximum atomic E-state index is 13.4. The molecule has 4 aliphatic rings. The molecule has 38 heteroatoms. The molecule has 0 radical (unpaired) electrons. The highest BCUT2D eigenvalue weighted by Gasteiger charge is 2.60. The molecule has 6 rings (SSSR count). The van der Waals surface area contributed by atoms with Gasteiger partial charge in [0.25, 0.3) is 0 Å². The molecule has 4 fully saturated rings. The lowest BCUT2D eigenvalue weighted by Crippen LogP contribution is -2.66. The monoisotopic (exact) mass is 1430 g/mol. The van der Waals surface area contributed by atoms with Gasteiger partial charge in [-0.25, -0.2) is 9.97 Å². The van der Waals surface area contributed by atoms with Gasteiger partial charge in [0, 0.05) is 96.9 Å². The average Bonchev–Trinajstić information content (AvgIpc) is 0.769. The van der Waals surface area contributed by atoms with Crippen LogP contribution in [0.1, 0.15) is 96.9 Å². The van der Waals surface area contributed by atoms with Crippen LogP contribution in [0, 0.1) is 0 Å². The van der Waals surface area contributed by atoms with Crippen molar-refractivity contribution in [3.63, 3.8) is 0 Å². The highest BCUT2D eigenvalue weighted by atomic mass is 32.2. The SMILES string of the molecule is CC(=O)OC[C@H]1O[C@@H](O[C@H]2[C@H](OC(C)=O)[C@@H](OC(C)=O)[C@H](Sc3nc4ccccc4nc3S[C@@H]3O[C@H](COC(C)=O)[C@@H](O[C@@H]4O[C@H](COC(C)=O)[C@H](OC(C)=O)[C@H](OC(C)=O)[C@H]4OC(C)=O)[C@H](OC(C)=O)[C@H]3OC(C)=O)O[C@@H]2COC(C)=O)[C@H](OC(C)=O)[C@@H](OC(C)=O)[C@H]1OC(C)=O. The number of thioether (sulfide) groups is 2. The first-order valence-corrected chi connectivity index (χ1v) is 31.6. The van der Waals surface area contributed by atoms with Crippen molar-refractivity contribution in [2.75, 3.05) is 26.4 Å². The second-order valence-corrected chi connectivity index (χ2v) is 24.1. The Morgan fingerprint density at radius 1 is 0.296 bits per heavy atom. The maximum absolute atomic E-state index is 13.4. The van der Waals surface area contributed by atoms with E-state index in [1.54, 1.807) is 24.3 Å². The van der Waals surface area contributed by atoms with Gasteiger partial charge >= 0.3 is 83.6 Å². The molecule has 540 valence electrons. The summed E-state index contributed by atoms with van der Waals surface area (Å²) in [5.41, 5.74) is -2.95. The van der Waals surface area contributed by atoms with Crippen LogP contribution in [0.4, 0.5) is 0 Å². The number of hydrogen-bond acceptors (Lipinski definition) is 38. The Hall–Kier alpha value is -8.40. The van der Waals surface area contributed by atoms with Crippen molar-refractivity contribution < 1.29 is 162 Å². The van der Waals surface area contributed by atoms with Gasteiger partial charge < -0.3 is 94.7 Å². The molecule has 0 spiro atoms. The molecule has 0 bridgehead atoms. The number of para-hydroxylation sites is 2. The zero-order chi connectivity index (χ0) is 72.6. The maximum Gasteiger partial charge on any atom is 0.303 e. The number of carbonyl (C=O) groups is 14. The van der Waals surface area contributed by atoms with Crippen LogP contribution in [-0.4, -0.2) is 241 Å². The van der Waals surface area contributed by atoms with E-state index in [1.807, 2.05) is 0 Å². The highest BCUT2D eigenvalue weighted by Crippen LogP contribution is 2.46. The second kappa shape index (κ2) is 35.9. The van der Waals surface area contributed by atoms with E-state index in [0.29, 0.717) is 23.5 Å². The average molecular weight is 1430 g/mol. The summed E-state index contributed by atoms with van der Waals surface area (Å²) in [6, 6.07) is 6.31. The zero-order valence-electron chi connectivity index (χ0n) is 55.3. The standard InChI is InChI=1S/C60H74N2O34S2/c1-23(63)77-19-39-43(81-27(5)67)47(83-29(7)69)51(87-33(11)73)57(91-39)95-45-41(21-79-25(3)65)93-59(53(89-35(13)75)49(45)85-31(9)71)97-55-56(62-38-18-16-15-17-37(38)61-55)98-60-54(90-36(14)76)50(86-32(10)72)46(42(94-60)22-80-26(4)66)96-58-52(88-34(12)74)48(84-30(8)70)44(82-28(6)68)40(92-58)20-78-24(2)64/h15-18,39-54,57-60H,19-22H2,1-14H3/t39-,40-,41-,42-,43+,44+,45-,46-,47+,48+,49+,50+,51-,52-,53-,54-,57+,58+,59+,60+/m1/s1. The van der Waals surface area contributed by atoms with E-state index in [2.05, 4.69) is 0 Å². The van der Waals surface area contributed by atoms with Crippen LogP contribution in [0.15, 0.2) is 34.3 Å². The fourth-order valence-corrected chi connectivity index (χ4v) is 12.9. The van der Waals surface area contributed by atoms with Crippen LogP contribution in [0.25, 0.3) is 11.0 Å².